The Hall–Kier alpha value is -3.13. The smallest absolute Gasteiger partial charge is 0.335 e. The average molecular weight is 473 g/mol. The lowest BCUT2D eigenvalue weighted by Gasteiger charge is -2.27. The molecule has 0 radical (unpaired) electrons. The Kier molecular flexibility index (Phi) is 6.56. The Morgan fingerprint density at radius 1 is 1.10 bits per heavy atom. The van der Waals surface area contributed by atoms with Crippen LogP contribution in [0.15, 0.2) is 46.4 Å². The molecule has 156 valence electrons. The van der Waals surface area contributed by atoms with Crippen molar-refractivity contribution in [3.8, 4) is 11.5 Å². The number of urea groups is 1. The summed E-state index contributed by atoms with van der Waals surface area (Å²) in [5.41, 5.74) is 1.53. The van der Waals surface area contributed by atoms with Gasteiger partial charge in [0.1, 0.15) is 5.57 Å². The number of amides is 4. The summed E-state index contributed by atoms with van der Waals surface area (Å²) in [6.45, 7) is 4.32. The molecular weight excluding hydrogens is 452 g/mol. The van der Waals surface area contributed by atoms with E-state index >= 15 is 0 Å². The standard InChI is InChI=1S/C22H21BrN2O5/c1-4-9-30-18-8-5-14(12-19(18)29-3)11-16-20(26)24-22(28)25(21(16)27)17-7-6-15(23)10-13(17)2/h5-8,10-12H,4,9H2,1-3H3,(H,24,26,28)/b16-11-. The van der Waals surface area contributed by atoms with Gasteiger partial charge in [0.25, 0.3) is 11.8 Å². The molecule has 0 saturated carbocycles. The second-order valence-corrected chi connectivity index (χ2v) is 7.56. The van der Waals surface area contributed by atoms with Gasteiger partial charge in [-0.15, -0.1) is 0 Å². The number of halogens is 1. The summed E-state index contributed by atoms with van der Waals surface area (Å²) < 4.78 is 11.8. The molecule has 0 unspecified atom stereocenters. The van der Waals surface area contributed by atoms with E-state index in [1.165, 1.54) is 13.2 Å². The summed E-state index contributed by atoms with van der Waals surface area (Å²) in [6.07, 6.45) is 2.28. The van der Waals surface area contributed by atoms with Crippen LogP contribution in [0, 0.1) is 6.92 Å². The monoisotopic (exact) mass is 472 g/mol. The Labute approximate surface area is 182 Å². The van der Waals surface area contributed by atoms with E-state index in [0.29, 0.717) is 34.9 Å². The first-order chi connectivity index (χ1) is 14.3. The number of methoxy groups -OCH3 is 1. The van der Waals surface area contributed by atoms with E-state index in [1.807, 2.05) is 6.92 Å². The van der Waals surface area contributed by atoms with Crippen LogP contribution in [-0.4, -0.2) is 31.6 Å². The highest BCUT2D eigenvalue weighted by Crippen LogP contribution is 2.31. The predicted molar refractivity (Wildman–Crippen MR) is 117 cm³/mol. The zero-order chi connectivity index (χ0) is 21.8. The first-order valence-electron chi connectivity index (χ1n) is 9.34. The number of hydrogen-bond acceptors (Lipinski definition) is 5. The molecule has 1 N–H and O–H groups in total. The van der Waals surface area contributed by atoms with Gasteiger partial charge in [0.2, 0.25) is 0 Å². The number of nitrogens with zero attached hydrogens (tertiary/aromatic N) is 1. The lowest BCUT2D eigenvalue weighted by molar-refractivity contribution is -0.122. The molecule has 1 heterocycles. The summed E-state index contributed by atoms with van der Waals surface area (Å²) in [4.78, 5) is 38.8. The van der Waals surface area contributed by atoms with Crippen molar-refractivity contribution < 1.29 is 23.9 Å². The molecule has 30 heavy (non-hydrogen) atoms. The van der Waals surface area contributed by atoms with Gasteiger partial charge in [0.15, 0.2) is 11.5 Å². The third-order valence-corrected chi connectivity index (χ3v) is 4.96. The summed E-state index contributed by atoms with van der Waals surface area (Å²) in [5, 5.41) is 2.23. The molecule has 0 spiro atoms. The van der Waals surface area contributed by atoms with Gasteiger partial charge < -0.3 is 9.47 Å². The molecule has 4 amide bonds. The topological polar surface area (TPSA) is 84.9 Å². The molecule has 1 aliphatic heterocycles. The van der Waals surface area contributed by atoms with E-state index in [4.69, 9.17) is 9.47 Å². The van der Waals surface area contributed by atoms with Gasteiger partial charge in [-0.05, 0) is 60.9 Å². The summed E-state index contributed by atoms with van der Waals surface area (Å²) in [6, 6.07) is 9.48. The van der Waals surface area contributed by atoms with Crippen LogP contribution in [0.3, 0.4) is 0 Å². The largest absolute Gasteiger partial charge is 0.493 e. The van der Waals surface area contributed by atoms with Crippen LogP contribution in [0.5, 0.6) is 11.5 Å². The minimum absolute atomic E-state index is 0.152. The number of barbiturate groups is 1. The number of ether oxygens (including phenoxy) is 2. The van der Waals surface area contributed by atoms with Gasteiger partial charge in [-0.25, -0.2) is 9.69 Å². The second-order valence-electron chi connectivity index (χ2n) is 6.65. The Morgan fingerprint density at radius 3 is 2.53 bits per heavy atom. The van der Waals surface area contributed by atoms with E-state index in [0.717, 1.165) is 15.8 Å². The minimum atomic E-state index is -0.784. The van der Waals surface area contributed by atoms with Crippen molar-refractivity contribution in [3.63, 3.8) is 0 Å². The number of anilines is 1. The van der Waals surface area contributed by atoms with Gasteiger partial charge in [0, 0.05) is 4.47 Å². The van der Waals surface area contributed by atoms with Crippen molar-refractivity contribution in [2.24, 2.45) is 0 Å². The quantitative estimate of drug-likeness (QED) is 0.502. The first kappa shape index (κ1) is 21.6. The van der Waals surface area contributed by atoms with Crippen molar-refractivity contribution in [1.29, 1.82) is 0 Å². The number of hydrogen-bond donors (Lipinski definition) is 1. The molecule has 7 nitrogen and oxygen atoms in total. The van der Waals surface area contributed by atoms with Crippen molar-refractivity contribution in [3.05, 3.63) is 57.6 Å². The molecule has 1 aliphatic rings. The molecular formula is C22H21BrN2O5. The third-order valence-electron chi connectivity index (χ3n) is 4.46. The number of benzene rings is 2. The fraction of sp³-hybridized carbons (Fsp3) is 0.227. The van der Waals surface area contributed by atoms with Gasteiger partial charge in [0.05, 0.1) is 19.4 Å². The van der Waals surface area contributed by atoms with Crippen LogP contribution in [-0.2, 0) is 9.59 Å². The van der Waals surface area contributed by atoms with Crippen LogP contribution in [0.4, 0.5) is 10.5 Å². The van der Waals surface area contributed by atoms with E-state index < -0.39 is 17.8 Å². The van der Waals surface area contributed by atoms with Crippen LogP contribution < -0.4 is 19.7 Å². The summed E-state index contributed by atoms with van der Waals surface area (Å²) in [7, 11) is 1.51. The number of nitrogens with one attached hydrogen (secondary N) is 1. The number of carbonyl (C=O) groups is 3. The highest BCUT2D eigenvalue weighted by atomic mass is 79.9. The van der Waals surface area contributed by atoms with Crippen molar-refractivity contribution in [1.82, 2.24) is 5.32 Å². The SMILES string of the molecule is CCCOc1ccc(/C=C2/C(=O)NC(=O)N(c3ccc(Br)cc3C)C2=O)cc1OC. The van der Waals surface area contributed by atoms with Crippen LogP contribution in [0.1, 0.15) is 24.5 Å². The van der Waals surface area contributed by atoms with Gasteiger partial charge in [-0.2, -0.15) is 0 Å². The van der Waals surface area contributed by atoms with Crippen LogP contribution >= 0.6 is 15.9 Å². The minimum Gasteiger partial charge on any atom is -0.493 e. The van der Waals surface area contributed by atoms with Crippen molar-refractivity contribution in [2.75, 3.05) is 18.6 Å². The maximum absolute atomic E-state index is 13.1. The predicted octanol–water partition coefficient (Wildman–Crippen LogP) is 4.22. The number of carbonyl (C=O) groups excluding carboxylic acids is 3. The molecule has 0 atom stereocenters. The van der Waals surface area contributed by atoms with Gasteiger partial charge in [-0.1, -0.05) is 28.9 Å². The normalized spacial score (nSPS) is 15.4. The van der Waals surface area contributed by atoms with E-state index in [2.05, 4.69) is 21.2 Å². The molecule has 0 bridgehead atoms. The summed E-state index contributed by atoms with van der Waals surface area (Å²) >= 11 is 3.36. The highest BCUT2D eigenvalue weighted by Gasteiger charge is 2.37. The first-order valence-corrected chi connectivity index (χ1v) is 10.1. The fourth-order valence-corrected chi connectivity index (χ4v) is 3.49. The lowest BCUT2D eigenvalue weighted by atomic mass is 10.1. The lowest BCUT2D eigenvalue weighted by Crippen LogP contribution is -2.54. The molecule has 8 heteroatoms. The van der Waals surface area contributed by atoms with Crippen LogP contribution in [0.2, 0.25) is 0 Å². The highest BCUT2D eigenvalue weighted by molar-refractivity contribution is 9.10. The molecule has 3 rings (SSSR count). The molecule has 1 saturated heterocycles. The fourth-order valence-electron chi connectivity index (χ4n) is 3.02. The zero-order valence-electron chi connectivity index (χ0n) is 16.8. The zero-order valence-corrected chi connectivity index (χ0v) is 18.4. The average Bonchev–Trinajstić information content (AvgIpc) is 2.71. The Balaban J connectivity index is 1.98. The molecule has 2 aromatic carbocycles. The Bertz CT molecular complexity index is 1050. The van der Waals surface area contributed by atoms with E-state index in [9.17, 15) is 14.4 Å². The second kappa shape index (κ2) is 9.13. The molecule has 1 fully saturated rings. The van der Waals surface area contributed by atoms with Crippen molar-refractivity contribution >= 4 is 45.5 Å². The molecule has 0 aromatic heterocycles. The number of imide groups is 2. The van der Waals surface area contributed by atoms with Crippen LogP contribution in [0.25, 0.3) is 6.08 Å². The summed E-state index contributed by atoms with van der Waals surface area (Å²) in [5.74, 6) is -0.387. The molecule has 2 aromatic rings. The maximum Gasteiger partial charge on any atom is 0.335 e. The van der Waals surface area contributed by atoms with Crippen molar-refractivity contribution in [2.45, 2.75) is 20.3 Å². The molecule has 0 aliphatic carbocycles. The van der Waals surface area contributed by atoms with Gasteiger partial charge >= 0.3 is 6.03 Å². The number of rotatable bonds is 6. The maximum atomic E-state index is 13.1. The Morgan fingerprint density at radius 2 is 1.87 bits per heavy atom. The van der Waals surface area contributed by atoms with E-state index in [-0.39, 0.29) is 5.57 Å². The van der Waals surface area contributed by atoms with E-state index in [1.54, 1.807) is 43.3 Å². The number of aryl methyl sites for hydroxylation is 1. The third kappa shape index (κ3) is 4.38. The van der Waals surface area contributed by atoms with Gasteiger partial charge in [-0.3, -0.25) is 14.9 Å².